The first-order valence-electron chi connectivity index (χ1n) is 15.5. The Morgan fingerprint density at radius 3 is 1.76 bits per heavy atom. The summed E-state index contributed by atoms with van der Waals surface area (Å²) < 4.78 is 6.24. The monoisotopic (exact) mass is 588 g/mol. The molecule has 0 aliphatic heterocycles. The second-order valence-corrected chi connectivity index (χ2v) is 11.7. The lowest BCUT2D eigenvalue weighted by molar-refractivity contribution is 0.668. The van der Waals surface area contributed by atoms with E-state index in [4.69, 9.17) is 9.40 Å². The van der Waals surface area contributed by atoms with Gasteiger partial charge in [-0.05, 0) is 86.3 Å². The Kier molecular flexibility index (Phi) is 6.14. The molecule has 0 bridgehead atoms. The molecule has 0 saturated carbocycles. The third-order valence-electron chi connectivity index (χ3n) is 8.90. The molecule has 0 atom stereocenters. The maximum absolute atomic E-state index is 6.24. The number of hydrogen-bond donors (Lipinski definition) is 0. The smallest absolute Gasteiger partial charge is 0.155 e. The molecule has 3 heteroatoms. The van der Waals surface area contributed by atoms with Crippen molar-refractivity contribution < 1.29 is 4.42 Å². The molecule has 0 saturated heterocycles. The van der Waals surface area contributed by atoms with E-state index in [1.807, 2.05) is 30.5 Å². The highest BCUT2D eigenvalue weighted by Crippen LogP contribution is 2.39. The highest BCUT2D eigenvalue weighted by atomic mass is 16.3. The van der Waals surface area contributed by atoms with Crippen molar-refractivity contribution in [1.29, 1.82) is 0 Å². The molecule has 0 spiro atoms. The van der Waals surface area contributed by atoms with Crippen LogP contribution in [-0.2, 0) is 0 Å². The second kappa shape index (κ2) is 10.8. The molecule has 0 unspecified atom stereocenters. The van der Waals surface area contributed by atoms with Crippen LogP contribution in [0.5, 0.6) is 0 Å². The van der Waals surface area contributed by atoms with Crippen LogP contribution in [0.2, 0.25) is 0 Å². The largest absolute Gasteiger partial charge is 0.454 e. The molecule has 216 valence electrons. The summed E-state index contributed by atoms with van der Waals surface area (Å²) in [6, 6.07) is 57.9. The van der Waals surface area contributed by atoms with Gasteiger partial charge in [0.15, 0.2) is 5.58 Å². The first-order chi connectivity index (χ1) is 22.8. The standard InChI is InChI=1S/C43H28N2O/c1-2-8-29(9-3-1)30-16-21-35(22-17-30)45(37-27-42-43(44-28-37)40-12-6-7-13-41(40)46-42)36-23-18-31(19-24-36)33-20-25-39-34(26-33)15-14-32-10-4-5-11-38(32)39/h1-28H. The third kappa shape index (κ3) is 4.49. The first kappa shape index (κ1) is 26.2. The van der Waals surface area contributed by atoms with E-state index in [1.165, 1.54) is 43.8 Å². The van der Waals surface area contributed by atoms with E-state index >= 15 is 0 Å². The van der Waals surface area contributed by atoms with Crippen molar-refractivity contribution in [3.05, 3.63) is 170 Å². The number of rotatable bonds is 5. The predicted molar refractivity (Wildman–Crippen MR) is 192 cm³/mol. The summed E-state index contributed by atoms with van der Waals surface area (Å²) in [5.74, 6) is 0. The van der Waals surface area contributed by atoms with Crippen LogP contribution < -0.4 is 4.90 Å². The number of benzene rings is 7. The van der Waals surface area contributed by atoms with Crippen molar-refractivity contribution in [2.24, 2.45) is 0 Å². The Bertz CT molecular complexity index is 2510. The van der Waals surface area contributed by atoms with Gasteiger partial charge in [0.05, 0.1) is 11.9 Å². The van der Waals surface area contributed by atoms with Crippen molar-refractivity contribution in [2.75, 3.05) is 4.90 Å². The summed E-state index contributed by atoms with van der Waals surface area (Å²) in [5, 5.41) is 6.09. The molecule has 0 fully saturated rings. The predicted octanol–water partition coefficient (Wildman–Crippen LogP) is 12.1. The van der Waals surface area contributed by atoms with Gasteiger partial charge in [0.2, 0.25) is 0 Å². The van der Waals surface area contributed by atoms with Gasteiger partial charge >= 0.3 is 0 Å². The number of fused-ring (bicyclic) bond motifs is 6. The number of pyridine rings is 1. The fourth-order valence-corrected chi connectivity index (χ4v) is 6.58. The normalized spacial score (nSPS) is 11.5. The van der Waals surface area contributed by atoms with Crippen molar-refractivity contribution in [3.8, 4) is 22.3 Å². The van der Waals surface area contributed by atoms with Crippen molar-refractivity contribution in [3.63, 3.8) is 0 Å². The average molecular weight is 589 g/mol. The number of nitrogens with zero attached hydrogens (tertiary/aromatic N) is 2. The average Bonchev–Trinajstić information content (AvgIpc) is 3.50. The van der Waals surface area contributed by atoms with Gasteiger partial charge < -0.3 is 9.32 Å². The van der Waals surface area contributed by atoms with Crippen LogP contribution in [0.15, 0.2) is 174 Å². The van der Waals surface area contributed by atoms with E-state index in [-0.39, 0.29) is 0 Å². The van der Waals surface area contributed by atoms with Crippen LogP contribution in [0.4, 0.5) is 17.1 Å². The van der Waals surface area contributed by atoms with E-state index in [9.17, 15) is 0 Å². The highest BCUT2D eigenvalue weighted by molar-refractivity contribution is 6.08. The molecule has 0 aliphatic carbocycles. The zero-order chi connectivity index (χ0) is 30.5. The van der Waals surface area contributed by atoms with Crippen LogP contribution in [0.3, 0.4) is 0 Å². The number of hydrogen-bond acceptors (Lipinski definition) is 3. The lowest BCUT2D eigenvalue weighted by atomic mass is 9.97. The van der Waals surface area contributed by atoms with E-state index in [1.54, 1.807) is 0 Å². The van der Waals surface area contributed by atoms with Crippen molar-refractivity contribution >= 4 is 60.7 Å². The van der Waals surface area contributed by atoms with Crippen LogP contribution >= 0.6 is 0 Å². The van der Waals surface area contributed by atoms with Crippen molar-refractivity contribution in [1.82, 2.24) is 4.98 Å². The minimum atomic E-state index is 0.768. The maximum Gasteiger partial charge on any atom is 0.155 e. The van der Waals surface area contributed by atoms with Gasteiger partial charge in [-0.3, -0.25) is 0 Å². The third-order valence-corrected chi connectivity index (χ3v) is 8.90. The van der Waals surface area contributed by atoms with Gasteiger partial charge in [-0.1, -0.05) is 115 Å². The summed E-state index contributed by atoms with van der Waals surface area (Å²) in [6.45, 7) is 0. The molecule has 2 aromatic heterocycles. The summed E-state index contributed by atoms with van der Waals surface area (Å²) in [5.41, 5.74) is 10.2. The molecule has 0 N–H and O–H groups in total. The lowest BCUT2D eigenvalue weighted by Crippen LogP contribution is -2.10. The zero-order valence-corrected chi connectivity index (χ0v) is 25.0. The molecule has 0 amide bonds. The first-order valence-corrected chi connectivity index (χ1v) is 15.5. The number of anilines is 3. The zero-order valence-electron chi connectivity index (χ0n) is 25.0. The molecule has 0 aliphatic rings. The Labute approximate surface area is 266 Å². The fourth-order valence-electron chi connectivity index (χ4n) is 6.58. The van der Waals surface area contributed by atoms with Gasteiger partial charge in [0, 0.05) is 22.8 Å². The van der Waals surface area contributed by atoms with E-state index in [2.05, 4.69) is 144 Å². The fraction of sp³-hybridized carbons (Fsp3) is 0. The van der Waals surface area contributed by atoms with Crippen LogP contribution in [0, 0.1) is 0 Å². The minimum Gasteiger partial charge on any atom is -0.454 e. The quantitative estimate of drug-likeness (QED) is 0.187. The van der Waals surface area contributed by atoms with E-state index in [0.717, 1.165) is 39.1 Å². The molecular weight excluding hydrogens is 560 g/mol. The number of aromatic nitrogens is 1. The molecule has 0 radical (unpaired) electrons. The summed E-state index contributed by atoms with van der Waals surface area (Å²) in [6.07, 6.45) is 1.94. The molecule has 46 heavy (non-hydrogen) atoms. The second-order valence-electron chi connectivity index (χ2n) is 11.7. The van der Waals surface area contributed by atoms with E-state index in [0.29, 0.717) is 0 Å². The number of para-hydroxylation sites is 1. The van der Waals surface area contributed by atoms with Gasteiger partial charge in [0.1, 0.15) is 11.1 Å². The maximum atomic E-state index is 6.24. The van der Waals surface area contributed by atoms with Crippen LogP contribution in [0.1, 0.15) is 0 Å². The SMILES string of the molecule is c1ccc(-c2ccc(N(c3ccc(-c4ccc5c(ccc6ccccc65)c4)cc3)c3cnc4c(c3)oc3ccccc34)cc2)cc1. The van der Waals surface area contributed by atoms with Crippen LogP contribution in [0.25, 0.3) is 65.9 Å². The topological polar surface area (TPSA) is 29.3 Å². The molecule has 9 rings (SSSR count). The Balaban J connectivity index is 1.13. The van der Waals surface area contributed by atoms with Gasteiger partial charge in [-0.25, -0.2) is 4.98 Å². The van der Waals surface area contributed by atoms with E-state index < -0.39 is 0 Å². The Morgan fingerprint density at radius 2 is 0.978 bits per heavy atom. The molecular formula is C43H28N2O. The lowest BCUT2D eigenvalue weighted by Gasteiger charge is -2.25. The molecule has 9 aromatic rings. The Hall–Kier alpha value is -6.19. The molecule has 2 heterocycles. The van der Waals surface area contributed by atoms with Gasteiger partial charge in [-0.2, -0.15) is 0 Å². The molecule has 7 aromatic carbocycles. The summed E-state index contributed by atoms with van der Waals surface area (Å²) >= 11 is 0. The minimum absolute atomic E-state index is 0.768. The van der Waals surface area contributed by atoms with Gasteiger partial charge in [-0.15, -0.1) is 0 Å². The molecule has 3 nitrogen and oxygen atoms in total. The van der Waals surface area contributed by atoms with Gasteiger partial charge in [0.25, 0.3) is 0 Å². The Morgan fingerprint density at radius 1 is 0.391 bits per heavy atom. The summed E-state index contributed by atoms with van der Waals surface area (Å²) in [4.78, 5) is 7.13. The highest BCUT2D eigenvalue weighted by Gasteiger charge is 2.17. The number of furan rings is 1. The van der Waals surface area contributed by atoms with Crippen LogP contribution in [-0.4, -0.2) is 4.98 Å². The van der Waals surface area contributed by atoms with Crippen molar-refractivity contribution in [2.45, 2.75) is 0 Å². The summed E-state index contributed by atoms with van der Waals surface area (Å²) in [7, 11) is 0.